The van der Waals surface area contributed by atoms with Crippen LogP contribution >= 0.6 is 23.2 Å². The Balaban J connectivity index is 0.000000186. The lowest BCUT2D eigenvalue weighted by atomic mass is 9.83. The first-order valence-electron chi connectivity index (χ1n) is 23.3. The van der Waals surface area contributed by atoms with E-state index in [1.807, 2.05) is 36.4 Å². The van der Waals surface area contributed by atoms with E-state index in [9.17, 15) is 0 Å². The number of nitrogens with two attached hydrogens (primary N) is 2. The number of ether oxygens (including phenoxy) is 2. The average Bonchev–Trinajstić information content (AvgIpc) is 3.25. The van der Waals surface area contributed by atoms with Gasteiger partial charge in [-0.2, -0.15) is 0 Å². The smallest absolute Gasteiger partial charge is 0.126 e. The molecule has 0 bridgehead atoms. The van der Waals surface area contributed by atoms with Crippen molar-refractivity contribution in [3.05, 3.63) is 82.4 Å². The lowest BCUT2D eigenvalue weighted by Crippen LogP contribution is -2.36. The molecule has 62 heavy (non-hydrogen) atoms. The van der Waals surface area contributed by atoms with E-state index < -0.39 is 0 Å². The zero-order chi connectivity index (χ0) is 43.7. The number of aromatic nitrogens is 4. The fraction of sp³-hybridized carbons (Fsp3) is 0.600. The van der Waals surface area contributed by atoms with Crippen LogP contribution in [0.1, 0.15) is 116 Å². The molecule has 4 fully saturated rings. The van der Waals surface area contributed by atoms with Gasteiger partial charge >= 0.3 is 0 Å². The van der Waals surface area contributed by atoms with E-state index in [2.05, 4.69) is 60.4 Å². The summed E-state index contributed by atoms with van der Waals surface area (Å²) in [6, 6.07) is 17.1. The molecule has 2 aliphatic carbocycles. The van der Waals surface area contributed by atoms with Crippen molar-refractivity contribution in [2.24, 2.45) is 35.1 Å². The molecule has 2 saturated heterocycles. The van der Waals surface area contributed by atoms with Crippen molar-refractivity contribution >= 4 is 34.8 Å². The van der Waals surface area contributed by atoms with Crippen LogP contribution < -0.4 is 22.1 Å². The molecular formula is C50H70Cl2N8O2. The molecule has 2 saturated carbocycles. The molecule has 2 atom stereocenters. The number of hydrogen-bond donors (Lipinski definition) is 4. The SMILES string of the molecule is CC1(C)C[C@@H](CNc2cccc(-c3cc(CC4CCC(N)CC4)ncc3Cl)n2)CCO1.CC1(C)C[C@H](CNc2cccc(-c3cc(CC4CCC(N)CC4)ncc3Cl)n2)CCO1. The van der Waals surface area contributed by atoms with Crippen LogP contribution in [0.2, 0.25) is 10.0 Å². The van der Waals surface area contributed by atoms with Crippen LogP contribution in [0.3, 0.4) is 0 Å². The van der Waals surface area contributed by atoms with Crippen molar-refractivity contribution in [1.29, 1.82) is 0 Å². The van der Waals surface area contributed by atoms with Crippen LogP contribution in [0.4, 0.5) is 11.6 Å². The highest BCUT2D eigenvalue weighted by molar-refractivity contribution is 6.33. The number of pyridine rings is 4. The van der Waals surface area contributed by atoms with Gasteiger partial charge in [0.25, 0.3) is 0 Å². The maximum Gasteiger partial charge on any atom is 0.126 e. The van der Waals surface area contributed by atoms with Crippen LogP contribution in [0, 0.1) is 23.7 Å². The Kier molecular flexibility index (Phi) is 16.2. The molecule has 0 amide bonds. The van der Waals surface area contributed by atoms with Gasteiger partial charge in [-0.05, 0) is 178 Å². The first-order valence-corrected chi connectivity index (χ1v) is 24.0. The van der Waals surface area contributed by atoms with Crippen LogP contribution in [-0.4, -0.2) is 69.5 Å². The highest BCUT2D eigenvalue weighted by Gasteiger charge is 2.30. The topological polar surface area (TPSA) is 146 Å². The van der Waals surface area contributed by atoms with Gasteiger partial charge in [0.15, 0.2) is 0 Å². The summed E-state index contributed by atoms with van der Waals surface area (Å²) in [6.07, 6.45) is 19.0. The molecule has 8 rings (SSSR count). The second-order valence-corrected chi connectivity index (χ2v) is 20.6. The summed E-state index contributed by atoms with van der Waals surface area (Å²) in [5, 5.41) is 8.35. The maximum absolute atomic E-state index is 6.52. The molecule has 6 N–H and O–H groups in total. The number of nitrogens with one attached hydrogen (secondary N) is 2. The fourth-order valence-electron chi connectivity index (χ4n) is 9.88. The lowest BCUT2D eigenvalue weighted by Gasteiger charge is -2.35. The van der Waals surface area contributed by atoms with E-state index in [1.165, 1.54) is 25.7 Å². The first-order chi connectivity index (χ1) is 29.8. The summed E-state index contributed by atoms with van der Waals surface area (Å²) in [6.45, 7) is 12.1. The van der Waals surface area contributed by atoms with E-state index in [1.54, 1.807) is 12.4 Å². The van der Waals surface area contributed by atoms with Crippen molar-refractivity contribution < 1.29 is 9.47 Å². The van der Waals surface area contributed by atoms with Gasteiger partial charge in [0.05, 0.1) is 32.6 Å². The summed E-state index contributed by atoms with van der Waals surface area (Å²) in [5.41, 5.74) is 17.9. The highest BCUT2D eigenvalue weighted by Crippen LogP contribution is 2.34. The molecule has 0 unspecified atom stereocenters. The molecule has 4 aromatic rings. The molecule has 0 radical (unpaired) electrons. The minimum absolute atomic E-state index is 0.0375. The second kappa shape index (κ2) is 21.5. The van der Waals surface area contributed by atoms with Crippen molar-refractivity contribution in [3.8, 4) is 22.5 Å². The molecule has 4 aliphatic rings. The predicted molar refractivity (Wildman–Crippen MR) is 255 cm³/mol. The third-order valence-corrected chi connectivity index (χ3v) is 14.0. The van der Waals surface area contributed by atoms with E-state index in [0.29, 0.717) is 45.8 Å². The molecule has 0 spiro atoms. The van der Waals surface area contributed by atoms with Gasteiger partial charge in [-0.1, -0.05) is 35.3 Å². The monoisotopic (exact) mass is 884 g/mol. The Morgan fingerprint density at radius 2 is 0.984 bits per heavy atom. The minimum Gasteiger partial charge on any atom is -0.376 e. The molecule has 12 heteroatoms. The first kappa shape index (κ1) is 46.6. The van der Waals surface area contributed by atoms with Crippen LogP contribution in [0.15, 0.2) is 60.9 Å². The Bertz CT molecular complexity index is 1900. The number of rotatable bonds is 12. The van der Waals surface area contributed by atoms with Gasteiger partial charge in [0, 0.05) is 73.3 Å². The molecule has 6 heterocycles. The maximum atomic E-state index is 6.52. The Morgan fingerprint density at radius 1 is 0.581 bits per heavy atom. The van der Waals surface area contributed by atoms with Gasteiger partial charge in [-0.3, -0.25) is 9.97 Å². The molecule has 2 aliphatic heterocycles. The van der Waals surface area contributed by atoms with Crippen molar-refractivity contribution in [2.75, 3.05) is 36.9 Å². The Labute approximate surface area is 380 Å². The quantitative estimate of drug-likeness (QED) is 0.108. The summed E-state index contributed by atoms with van der Waals surface area (Å²) in [7, 11) is 0. The number of hydrogen-bond acceptors (Lipinski definition) is 10. The number of anilines is 2. The van der Waals surface area contributed by atoms with Crippen LogP contribution in [-0.2, 0) is 22.3 Å². The third kappa shape index (κ3) is 13.8. The van der Waals surface area contributed by atoms with E-state index in [4.69, 9.17) is 54.1 Å². The minimum atomic E-state index is -0.0375. The van der Waals surface area contributed by atoms with Crippen LogP contribution in [0.25, 0.3) is 22.5 Å². The van der Waals surface area contributed by atoms with Gasteiger partial charge in [-0.25, -0.2) is 9.97 Å². The summed E-state index contributed by atoms with van der Waals surface area (Å²) < 4.78 is 11.7. The second-order valence-electron chi connectivity index (χ2n) is 19.8. The Hall–Kier alpha value is -3.38. The third-order valence-electron chi connectivity index (χ3n) is 13.4. The highest BCUT2D eigenvalue weighted by atomic mass is 35.5. The standard InChI is InChI=1S/2C25H35ClN4O/c2*1-25(2)14-18(10-11-31-25)15-29-24-5-3-4-23(30-24)21-13-20(28-16-22(21)26)12-17-6-8-19(27)9-7-17/h2*3-5,13,16-19H,6-12,14-15,27H2,1-2H3,(H,29,30)/t2*17?,18-,19?/m10/s1. The summed E-state index contributed by atoms with van der Waals surface area (Å²) in [5.74, 6) is 4.27. The van der Waals surface area contributed by atoms with E-state index in [0.717, 1.165) is 136 Å². The van der Waals surface area contributed by atoms with Crippen molar-refractivity contribution in [3.63, 3.8) is 0 Å². The molecule has 4 aromatic heterocycles. The van der Waals surface area contributed by atoms with Gasteiger partial charge in [0.2, 0.25) is 0 Å². The zero-order valence-electron chi connectivity index (χ0n) is 37.5. The zero-order valence-corrected chi connectivity index (χ0v) is 39.0. The molecule has 10 nitrogen and oxygen atoms in total. The van der Waals surface area contributed by atoms with Crippen molar-refractivity contribution in [1.82, 2.24) is 19.9 Å². The van der Waals surface area contributed by atoms with Gasteiger partial charge < -0.3 is 31.6 Å². The molecule has 336 valence electrons. The molecular weight excluding hydrogens is 816 g/mol. The normalized spacial score (nSPS) is 25.9. The van der Waals surface area contributed by atoms with Gasteiger partial charge in [-0.15, -0.1) is 0 Å². The summed E-state index contributed by atoms with van der Waals surface area (Å²) >= 11 is 13.0. The summed E-state index contributed by atoms with van der Waals surface area (Å²) in [4.78, 5) is 18.9. The van der Waals surface area contributed by atoms with Crippen LogP contribution in [0.5, 0.6) is 0 Å². The largest absolute Gasteiger partial charge is 0.376 e. The fourth-order valence-corrected chi connectivity index (χ4v) is 10.3. The molecule has 0 aromatic carbocycles. The van der Waals surface area contributed by atoms with E-state index >= 15 is 0 Å². The lowest BCUT2D eigenvalue weighted by molar-refractivity contribution is -0.0703. The number of halogens is 2. The average molecular weight is 886 g/mol. The number of nitrogens with zero attached hydrogens (tertiary/aromatic N) is 4. The van der Waals surface area contributed by atoms with Gasteiger partial charge in [0.1, 0.15) is 11.6 Å². The van der Waals surface area contributed by atoms with E-state index in [-0.39, 0.29) is 11.2 Å². The predicted octanol–water partition coefficient (Wildman–Crippen LogP) is 10.9. The van der Waals surface area contributed by atoms with Crippen molar-refractivity contribution in [2.45, 2.75) is 141 Å². The Morgan fingerprint density at radius 3 is 1.37 bits per heavy atom.